The van der Waals surface area contributed by atoms with Crippen LogP contribution in [0.1, 0.15) is 18.4 Å². The van der Waals surface area contributed by atoms with Crippen LogP contribution in [0.2, 0.25) is 0 Å². The summed E-state index contributed by atoms with van der Waals surface area (Å²) in [6.07, 6.45) is 3.20. The minimum Gasteiger partial charge on any atom is -0.367 e. The van der Waals surface area contributed by atoms with Gasteiger partial charge in [-0.05, 0) is 25.0 Å². The van der Waals surface area contributed by atoms with Gasteiger partial charge in [0.2, 0.25) is 0 Å². The zero-order valence-electron chi connectivity index (χ0n) is 11.5. The second-order valence-electron chi connectivity index (χ2n) is 4.65. The first kappa shape index (κ1) is 14.6. The van der Waals surface area contributed by atoms with Crippen molar-refractivity contribution in [1.82, 2.24) is 15.2 Å². The van der Waals surface area contributed by atoms with E-state index in [4.69, 9.17) is 10.5 Å². The van der Waals surface area contributed by atoms with Crippen molar-refractivity contribution in [1.29, 1.82) is 10.5 Å². The molecule has 0 saturated carbocycles. The minimum absolute atomic E-state index is 0.220. The van der Waals surface area contributed by atoms with Crippen molar-refractivity contribution in [3.8, 4) is 12.1 Å². The molecule has 1 aromatic heterocycles. The molecule has 2 heterocycles. The SMILES string of the molecule is N#Cc1cccnc1NCCNC(=O)N1CCC[C@H]1C#N. The second-order valence-corrected chi connectivity index (χ2v) is 4.65. The Hall–Kier alpha value is -2.80. The van der Waals surface area contributed by atoms with E-state index in [9.17, 15) is 4.79 Å². The van der Waals surface area contributed by atoms with Crippen LogP contribution in [0, 0.1) is 22.7 Å². The van der Waals surface area contributed by atoms with Crippen molar-refractivity contribution >= 4 is 11.8 Å². The Balaban J connectivity index is 1.76. The smallest absolute Gasteiger partial charge is 0.318 e. The molecule has 0 aliphatic carbocycles. The van der Waals surface area contributed by atoms with E-state index in [0.717, 1.165) is 12.8 Å². The summed E-state index contributed by atoms with van der Waals surface area (Å²) in [6.45, 7) is 1.48. The third kappa shape index (κ3) is 3.61. The lowest BCUT2D eigenvalue weighted by Gasteiger charge is -2.20. The number of nitrogens with zero attached hydrogens (tertiary/aromatic N) is 4. The van der Waals surface area contributed by atoms with Crippen molar-refractivity contribution in [2.45, 2.75) is 18.9 Å². The van der Waals surface area contributed by atoms with Gasteiger partial charge in [-0.25, -0.2) is 9.78 Å². The summed E-state index contributed by atoms with van der Waals surface area (Å²) in [5.41, 5.74) is 0.466. The summed E-state index contributed by atoms with van der Waals surface area (Å²) < 4.78 is 0. The lowest BCUT2D eigenvalue weighted by molar-refractivity contribution is 0.202. The highest BCUT2D eigenvalue weighted by Crippen LogP contribution is 2.15. The van der Waals surface area contributed by atoms with Crippen LogP contribution in [-0.2, 0) is 0 Å². The Kier molecular flexibility index (Phi) is 4.94. The number of hydrogen-bond acceptors (Lipinski definition) is 5. The predicted octanol–water partition coefficient (Wildman–Crippen LogP) is 1.06. The number of rotatable bonds is 4. The number of nitriles is 2. The van der Waals surface area contributed by atoms with Crippen molar-refractivity contribution < 1.29 is 4.79 Å². The number of hydrogen-bond donors (Lipinski definition) is 2. The number of nitrogens with one attached hydrogen (secondary N) is 2. The van der Waals surface area contributed by atoms with Gasteiger partial charge in [-0.3, -0.25) is 0 Å². The van der Waals surface area contributed by atoms with Gasteiger partial charge in [-0.2, -0.15) is 10.5 Å². The van der Waals surface area contributed by atoms with E-state index >= 15 is 0 Å². The van der Waals surface area contributed by atoms with Crippen molar-refractivity contribution in [2.24, 2.45) is 0 Å². The van der Waals surface area contributed by atoms with Crippen molar-refractivity contribution in [3.63, 3.8) is 0 Å². The molecule has 1 aromatic rings. The zero-order valence-corrected chi connectivity index (χ0v) is 11.5. The van der Waals surface area contributed by atoms with Gasteiger partial charge in [0.15, 0.2) is 0 Å². The fourth-order valence-electron chi connectivity index (χ4n) is 2.23. The van der Waals surface area contributed by atoms with Crippen LogP contribution in [-0.4, -0.2) is 41.6 Å². The zero-order chi connectivity index (χ0) is 15.1. The van der Waals surface area contributed by atoms with Gasteiger partial charge in [0.25, 0.3) is 0 Å². The van der Waals surface area contributed by atoms with Gasteiger partial charge in [-0.15, -0.1) is 0 Å². The normalized spacial score (nSPS) is 16.9. The highest BCUT2D eigenvalue weighted by atomic mass is 16.2. The number of carbonyl (C=O) groups is 1. The molecule has 0 aromatic carbocycles. The van der Waals surface area contributed by atoms with Crippen LogP contribution < -0.4 is 10.6 Å². The molecule has 0 bridgehead atoms. The van der Waals surface area contributed by atoms with E-state index in [1.54, 1.807) is 23.2 Å². The molecule has 0 spiro atoms. The first-order valence-electron chi connectivity index (χ1n) is 6.79. The number of amides is 2. The molecule has 1 fully saturated rings. The van der Waals surface area contributed by atoms with E-state index in [1.165, 1.54) is 0 Å². The van der Waals surface area contributed by atoms with E-state index in [1.807, 2.05) is 6.07 Å². The van der Waals surface area contributed by atoms with Crippen molar-refractivity contribution in [3.05, 3.63) is 23.9 Å². The second kappa shape index (κ2) is 7.11. The van der Waals surface area contributed by atoms with Crippen LogP contribution in [0.15, 0.2) is 18.3 Å². The summed E-state index contributed by atoms with van der Waals surface area (Å²) >= 11 is 0. The number of urea groups is 1. The van der Waals surface area contributed by atoms with Crippen LogP contribution in [0.5, 0.6) is 0 Å². The number of carbonyl (C=O) groups excluding carboxylic acids is 1. The lowest BCUT2D eigenvalue weighted by Crippen LogP contribution is -2.43. The molecular formula is C14H16N6O. The molecule has 21 heavy (non-hydrogen) atoms. The van der Waals surface area contributed by atoms with Crippen LogP contribution in [0.25, 0.3) is 0 Å². The van der Waals surface area contributed by atoms with E-state index < -0.39 is 0 Å². The molecule has 1 saturated heterocycles. The van der Waals surface area contributed by atoms with Crippen LogP contribution >= 0.6 is 0 Å². The van der Waals surface area contributed by atoms with Gasteiger partial charge < -0.3 is 15.5 Å². The van der Waals surface area contributed by atoms with Gasteiger partial charge in [0.1, 0.15) is 17.9 Å². The van der Waals surface area contributed by atoms with Crippen LogP contribution in [0.3, 0.4) is 0 Å². The highest BCUT2D eigenvalue weighted by molar-refractivity contribution is 5.75. The maximum atomic E-state index is 11.9. The standard InChI is InChI=1S/C14H16N6O/c15-9-11-3-1-5-17-13(11)18-6-7-19-14(21)20-8-2-4-12(20)10-16/h1,3,5,12H,2,4,6-8H2,(H,17,18)(H,19,21)/t12-/m0/s1. The molecule has 108 valence electrons. The molecule has 7 nitrogen and oxygen atoms in total. The van der Waals surface area contributed by atoms with Gasteiger partial charge in [0.05, 0.1) is 11.6 Å². The fourth-order valence-corrected chi connectivity index (χ4v) is 2.23. The number of likely N-dealkylation sites (tertiary alicyclic amines) is 1. The molecule has 1 aliphatic heterocycles. The Bertz CT molecular complexity index is 588. The monoisotopic (exact) mass is 284 g/mol. The molecule has 2 N–H and O–H groups in total. The fraction of sp³-hybridized carbons (Fsp3) is 0.429. The first-order valence-corrected chi connectivity index (χ1v) is 6.79. The molecular weight excluding hydrogens is 268 g/mol. The van der Waals surface area contributed by atoms with E-state index in [0.29, 0.717) is 31.0 Å². The lowest BCUT2D eigenvalue weighted by atomic mass is 10.2. The molecule has 1 atom stereocenters. The van der Waals surface area contributed by atoms with E-state index in [-0.39, 0.29) is 12.1 Å². The maximum Gasteiger partial charge on any atom is 0.318 e. The third-order valence-electron chi connectivity index (χ3n) is 3.28. The summed E-state index contributed by atoms with van der Waals surface area (Å²) in [4.78, 5) is 17.5. The first-order chi connectivity index (χ1) is 10.3. The van der Waals surface area contributed by atoms with Gasteiger partial charge >= 0.3 is 6.03 Å². The van der Waals surface area contributed by atoms with Gasteiger partial charge in [-0.1, -0.05) is 0 Å². The third-order valence-corrected chi connectivity index (χ3v) is 3.28. The molecule has 7 heteroatoms. The molecule has 2 amide bonds. The Labute approximate surface area is 123 Å². The van der Waals surface area contributed by atoms with Crippen molar-refractivity contribution in [2.75, 3.05) is 25.0 Å². The van der Waals surface area contributed by atoms with Crippen LogP contribution in [0.4, 0.5) is 10.6 Å². The Morgan fingerprint density at radius 1 is 1.48 bits per heavy atom. The molecule has 1 aliphatic rings. The summed E-state index contributed by atoms with van der Waals surface area (Å²) in [5.74, 6) is 0.505. The molecule has 2 rings (SSSR count). The Morgan fingerprint density at radius 3 is 3.10 bits per heavy atom. The van der Waals surface area contributed by atoms with Gasteiger partial charge in [0, 0.05) is 25.8 Å². The Morgan fingerprint density at radius 2 is 2.33 bits per heavy atom. The summed E-state index contributed by atoms with van der Waals surface area (Å²) in [5, 5.41) is 23.6. The van der Waals surface area contributed by atoms with E-state index in [2.05, 4.69) is 21.7 Å². The maximum absolute atomic E-state index is 11.9. The number of pyridine rings is 1. The topological polar surface area (TPSA) is 105 Å². The quantitative estimate of drug-likeness (QED) is 0.804. The molecule has 0 radical (unpaired) electrons. The number of aromatic nitrogens is 1. The minimum atomic E-state index is -0.320. The summed E-state index contributed by atoms with van der Waals surface area (Å²) in [7, 11) is 0. The number of anilines is 1. The molecule has 0 unspecified atom stereocenters. The largest absolute Gasteiger partial charge is 0.367 e. The summed E-state index contributed by atoms with van der Waals surface area (Å²) in [6, 6.07) is 7.01. The highest BCUT2D eigenvalue weighted by Gasteiger charge is 2.27. The predicted molar refractivity (Wildman–Crippen MR) is 76.2 cm³/mol. The average molecular weight is 284 g/mol. The average Bonchev–Trinajstić information content (AvgIpc) is 3.00.